The summed E-state index contributed by atoms with van der Waals surface area (Å²) in [6.45, 7) is 12.4. The largest absolute Gasteiger partial charge is 0.371 e. The second kappa shape index (κ2) is 5.58. The van der Waals surface area contributed by atoms with Gasteiger partial charge in [0.15, 0.2) is 5.78 Å². The summed E-state index contributed by atoms with van der Waals surface area (Å²) in [6, 6.07) is 0. The summed E-state index contributed by atoms with van der Waals surface area (Å²) in [6.07, 6.45) is 1.97. The van der Waals surface area contributed by atoms with E-state index in [-0.39, 0.29) is 11.6 Å². The minimum Gasteiger partial charge on any atom is -0.371 e. The highest BCUT2D eigenvalue weighted by Gasteiger charge is 2.40. The van der Waals surface area contributed by atoms with Gasteiger partial charge in [0.2, 0.25) is 0 Å². The summed E-state index contributed by atoms with van der Waals surface area (Å²) in [5, 5.41) is 0. The van der Waals surface area contributed by atoms with Crippen molar-refractivity contribution in [3.63, 3.8) is 0 Å². The number of hydrogen-bond donors (Lipinski definition) is 0. The molecular formula is C14H24O3. The van der Waals surface area contributed by atoms with E-state index in [1.54, 1.807) is 19.9 Å². The Morgan fingerprint density at radius 1 is 1.18 bits per heavy atom. The van der Waals surface area contributed by atoms with Crippen molar-refractivity contribution in [1.82, 2.24) is 0 Å². The maximum Gasteiger partial charge on any atom is 0.174 e. The molecule has 0 saturated heterocycles. The lowest BCUT2D eigenvalue weighted by molar-refractivity contribution is -0.148. The first-order valence-electron chi connectivity index (χ1n) is 5.82. The Balaban J connectivity index is 5.19. The molecule has 0 heterocycles. The van der Waals surface area contributed by atoms with Crippen LogP contribution >= 0.6 is 0 Å². The minimum absolute atomic E-state index is 0.0625. The van der Waals surface area contributed by atoms with Crippen LogP contribution in [0.1, 0.15) is 41.0 Å². The van der Waals surface area contributed by atoms with Gasteiger partial charge in [-0.05, 0) is 20.3 Å². The number of carbonyl (C=O) groups is 2. The molecule has 0 N–H and O–H groups in total. The highest BCUT2D eigenvalue weighted by molar-refractivity contribution is 6.07. The third kappa shape index (κ3) is 4.08. The maximum atomic E-state index is 12.3. The van der Waals surface area contributed by atoms with E-state index in [0.717, 1.165) is 0 Å². The lowest BCUT2D eigenvalue weighted by atomic mass is 9.76. The van der Waals surface area contributed by atoms with E-state index in [1.165, 1.54) is 7.11 Å². The van der Waals surface area contributed by atoms with Crippen LogP contribution in [0.3, 0.4) is 0 Å². The average Bonchev–Trinajstić information content (AvgIpc) is 2.22. The van der Waals surface area contributed by atoms with Gasteiger partial charge in [-0.3, -0.25) is 9.59 Å². The van der Waals surface area contributed by atoms with E-state index in [1.807, 2.05) is 20.8 Å². The Morgan fingerprint density at radius 2 is 1.65 bits per heavy atom. The van der Waals surface area contributed by atoms with Crippen molar-refractivity contribution < 1.29 is 14.3 Å². The summed E-state index contributed by atoms with van der Waals surface area (Å²) in [7, 11) is 1.48. The number of rotatable bonds is 6. The molecule has 1 unspecified atom stereocenters. The van der Waals surface area contributed by atoms with Gasteiger partial charge < -0.3 is 4.74 Å². The molecule has 0 aromatic heterocycles. The van der Waals surface area contributed by atoms with Crippen LogP contribution in [0.2, 0.25) is 0 Å². The molecule has 98 valence electrons. The Labute approximate surface area is 104 Å². The predicted molar refractivity (Wildman–Crippen MR) is 68.9 cm³/mol. The van der Waals surface area contributed by atoms with Gasteiger partial charge in [0.1, 0.15) is 11.4 Å². The second-order valence-corrected chi connectivity index (χ2v) is 5.77. The fourth-order valence-corrected chi connectivity index (χ4v) is 1.54. The molecule has 3 nitrogen and oxygen atoms in total. The number of methoxy groups -OCH3 is 1. The van der Waals surface area contributed by atoms with Crippen molar-refractivity contribution in [2.24, 2.45) is 11.3 Å². The van der Waals surface area contributed by atoms with Crippen LogP contribution in [0, 0.1) is 11.3 Å². The SMILES string of the molecule is C=CCC(C(=O)C(C)(C)C)C(=O)C(C)(C)OC. The van der Waals surface area contributed by atoms with Crippen molar-refractivity contribution >= 4 is 11.6 Å². The first-order chi connectivity index (χ1) is 7.57. The predicted octanol–water partition coefficient (Wildman–Crippen LogP) is 2.79. The number of hydrogen-bond acceptors (Lipinski definition) is 3. The summed E-state index contributed by atoms with van der Waals surface area (Å²) >= 11 is 0. The molecule has 0 aliphatic rings. The molecule has 3 heteroatoms. The maximum absolute atomic E-state index is 12.3. The Morgan fingerprint density at radius 3 is 1.94 bits per heavy atom. The fourth-order valence-electron chi connectivity index (χ4n) is 1.54. The third-order valence-corrected chi connectivity index (χ3v) is 2.88. The summed E-state index contributed by atoms with van der Waals surface area (Å²) < 4.78 is 5.15. The number of carbonyl (C=O) groups excluding carboxylic acids is 2. The van der Waals surface area contributed by atoms with Crippen LogP contribution in [-0.2, 0) is 14.3 Å². The third-order valence-electron chi connectivity index (χ3n) is 2.88. The average molecular weight is 240 g/mol. The van der Waals surface area contributed by atoms with E-state index < -0.39 is 16.9 Å². The van der Waals surface area contributed by atoms with E-state index in [0.29, 0.717) is 6.42 Å². The molecule has 17 heavy (non-hydrogen) atoms. The molecule has 0 aliphatic carbocycles. The zero-order valence-corrected chi connectivity index (χ0v) is 11.8. The molecule has 0 aromatic rings. The lowest BCUT2D eigenvalue weighted by Crippen LogP contribution is -2.44. The van der Waals surface area contributed by atoms with Gasteiger partial charge >= 0.3 is 0 Å². The highest BCUT2D eigenvalue weighted by Crippen LogP contribution is 2.27. The quantitative estimate of drug-likeness (QED) is 0.529. The zero-order chi connectivity index (χ0) is 13.9. The molecule has 0 saturated carbocycles. The van der Waals surface area contributed by atoms with E-state index >= 15 is 0 Å². The van der Waals surface area contributed by atoms with Crippen LogP contribution in [0.5, 0.6) is 0 Å². The lowest BCUT2D eigenvalue weighted by Gasteiger charge is -2.29. The molecule has 1 atom stereocenters. The van der Waals surface area contributed by atoms with E-state index in [9.17, 15) is 9.59 Å². The van der Waals surface area contributed by atoms with E-state index in [2.05, 4.69) is 6.58 Å². The Bertz CT molecular complexity index is 308. The second-order valence-electron chi connectivity index (χ2n) is 5.77. The number of ketones is 2. The number of ether oxygens (including phenoxy) is 1. The molecule has 0 aromatic carbocycles. The minimum atomic E-state index is -0.936. The highest BCUT2D eigenvalue weighted by atomic mass is 16.5. The summed E-state index contributed by atoms with van der Waals surface area (Å²) in [4.78, 5) is 24.5. The van der Waals surface area contributed by atoms with Gasteiger partial charge in [-0.25, -0.2) is 0 Å². The number of allylic oxidation sites excluding steroid dienone is 1. The van der Waals surface area contributed by atoms with Crippen molar-refractivity contribution in [2.75, 3.05) is 7.11 Å². The molecule has 0 aliphatic heterocycles. The van der Waals surface area contributed by atoms with Crippen molar-refractivity contribution in [3.05, 3.63) is 12.7 Å². The first kappa shape index (κ1) is 16.0. The van der Waals surface area contributed by atoms with Gasteiger partial charge in [-0.2, -0.15) is 0 Å². The van der Waals surface area contributed by atoms with Gasteiger partial charge in [-0.15, -0.1) is 6.58 Å². The number of Topliss-reactive ketones (excluding diaryl/α,β-unsaturated/α-hetero) is 2. The summed E-state index contributed by atoms with van der Waals surface area (Å²) in [5.41, 5.74) is -1.47. The molecular weight excluding hydrogens is 216 g/mol. The zero-order valence-electron chi connectivity index (χ0n) is 11.8. The Kier molecular flexibility index (Phi) is 5.27. The standard InChI is InChI=1S/C14H24O3/c1-8-9-10(11(15)13(2,3)4)12(16)14(5,6)17-7/h8,10H,1,9H2,2-7H3. The van der Waals surface area contributed by atoms with Crippen molar-refractivity contribution in [1.29, 1.82) is 0 Å². The molecule has 0 radical (unpaired) electrons. The van der Waals surface area contributed by atoms with Crippen molar-refractivity contribution in [2.45, 2.75) is 46.6 Å². The van der Waals surface area contributed by atoms with Crippen LogP contribution in [0.15, 0.2) is 12.7 Å². The van der Waals surface area contributed by atoms with Gasteiger partial charge in [0, 0.05) is 12.5 Å². The normalized spacial score (nSPS) is 14.2. The van der Waals surface area contributed by atoms with Crippen LogP contribution in [-0.4, -0.2) is 24.3 Å². The first-order valence-corrected chi connectivity index (χ1v) is 5.82. The molecule has 0 amide bonds. The van der Waals surface area contributed by atoms with Gasteiger partial charge in [0.25, 0.3) is 0 Å². The summed E-state index contributed by atoms with van der Waals surface area (Å²) in [5.74, 6) is -0.908. The van der Waals surface area contributed by atoms with E-state index in [4.69, 9.17) is 4.74 Å². The topological polar surface area (TPSA) is 43.4 Å². The molecule has 0 spiro atoms. The Hall–Kier alpha value is -0.960. The fraction of sp³-hybridized carbons (Fsp3) is 0.714. The molecule has 0 rings (SSSR count). The van der Waals surface area contributed by atoms with Crippen LogP contribution in [0.4, 0.5) is 0 Å². The van der Waals surface area contributed by atoms with Gasteiger partial charge in [0.05, 0.1) is 5.92 Å². The van der Waals surface area contributed by atoms with Crippen molar-refractivity contribution in [3.8, 4) is 0 Å². The van der Waals surface area contributed by atoms with Crippen LogP contribution in [0.25, 0.3) is 0 Å². The molecule has 0 fully saturated rings. The smallest absolute Gasteiger partial charge is 0.174 e. The van der Waals surface area contributed by atoms with Gasteiger partial charge in [-0.1, -0.05) is 26.8 Å². The monoisotopic (exact) mass is 240 g/mol. The van der Waals surface area contributed by atoms with Crippen LogP contribution < -0.4 is 0 Å². The molecule has 0 bridgehead atoms.